The topological polar surface area (TPSA) is 52.6 Å². The Balaban J connectivity index is 2.23. The van der Waals surface area contributed by atoms with Crippen molar-refractivity contribution in [1.82, 2.24) is 0 Å². The van der Waals surface area contributed by atoms with Crippen molar-refractivity contribution in [2.75, 3.05) is 14.2 Å². The standard InChI is InChI=1S/C18H16Cl4O4S/c1-7(2)10-13-11-8(25-3)5-6-9(26-4)12(11)14(10)18(22)17(13,21)15(19)16(20)27(18,23)24/h5-6,13-14H,1-4H3/t13-,14-,17+,18-/m1/s1. The molecule has 2 aliphatic carbocycles. The molecule has 0 saturated heterocycles. The number of halogens is 4. The van der Waals surface area contributed by atoms with Crippen molar-refractivity contribution in [3.63, 3.8) is 0 Å². The molecule has 1 aromatic rings. The maximum Gasteiger partial charge on any atom is 0.213 e. The number of hydrogen-bond donors (Lipinski definition) is 0. The Kier molecular flexibility index (Phi) is 4.18. The van der Waals surface area contributed by atoms with E-state index in [2.05, 4.69) is 0 Å². The molecule has 9 heteroatoms. The zero-order valence-corrected chi connectivity index (χ0v) is 18.7. The second-order valence-corrected chi connectivity index (χ2v) is 11.5. The Morgan fingerprint density at radius 3 is 1.93 bits per heavy atom. The second kappa shape index (κ2) is 5.73. The van der Waals surface area contributed by atoms with Crippen LogP contribution in [0.15, 0.2) is 32.7 Å². The molecule has 0 aromatic heterocycles. The molecule has 1 aromatic carbocycles. The average molecular weight is 470 g/mol. The van der Waals surface area contributed by atoms with Gasteiger partial charge in [-0.15, -0.1) is 11.6 Å². The van der Waals surface area contributed by atoms with Crippen LogP contribution in [0.25, 0.3) is 0 Å². The highest BCUT2D eigenvalue weighted by atomic mass is 35.5. The summed E-state index contributed by atoms with van der Waals surface area (Å²) < 4.78 is 35.1. The summed E-state index contributed by atoms with van der Waals surface area (Å²) >= 11 is 26.5. The van der Waals surface area contributed by atoms with Crippen LogP contribution in [0.4, 0.5) is 0 Å². The van der Waals surface area contributed by atoms with Crippen LogP contribution in [0.5, 0.6) is 11.5 Å². The minimum atomic E-state index is -4.18. The lowest BCUT2D eigenvalue weighted by Gasteiger charge is -2.40. The number of benzene rings is 1. The molecule has 0 radical (unpaired) electrons. The van der Waals surface area contributed by atoms with Gasteiger partial charge in [-0.3, -0.25) is 0 Å². The zero-order valence-electron chi connectivity index (χ0n) is 14.9. The third-order valence-electron chi connectivity index (χ3n) is 5.81. The minimum Gasteiger partial charge on any atom is -0.496 e. The average Bonchev–Trinajstić information content (AvgIpc) is 3.13. The van der Waals surface area contributed by atoms with Gasteiger partial charge in [-0.2, -0.15) is 0 Å². The van der Waals surface area contributed by atoms with Gasteiger partial charge in [0, 0.05) is 23.0 Å². The Hall–Kier alpha value is -0.590. The van der Waals surface area contributed by atoms with Gasteiger partial charge >= 0.3 is 0 Å². The van der Waals surface area contributed by atoms with Crippen molar-refractivity contribution in [3.05, 3.63) is 43.8 Å². The number of methoxy groups -OCH3 is 2. The summed E-state index contributed by atoms with van der Waals surface area (Å²) in [5.74, 6) is -0.280. The lowest BCUT2D eigenvalue weighted by molar-refractivity contribution is 0.385. The number of allylic oxidation sites excluding steroid dienone is 3. The molecule has 1 saturated carbocycles. The SMILES string of the molecule is COc1ccc(OC)c2c1[C@H]1C(=C(C)C)[C@H]2[C@]2(Cl)[C@@]1(Cl)C(Cl)=C(Cl)S2(=O)=O. The molecule has 0 amide bonds. The maximum absolute atomic E-state index is 13.2. The largest absolute Gasteiger partial charge is 0.496 e. The van der Waals surface area contributed by atoms with Gasteiger partial charge in [-0.25, -0.2) is 8.42 Å². The monoisotopic (exact) mass is 468 g/mol. The molecule has 146 valence electrons. The van der Waals surface area contributed by atoms with E-state index in [9.17, 15) is 8.42 Å². The third kappa shape index (κ3) is 1.87. The molecule has 1 heterocycles. The number of ether oxygens (including phenoxy) is 2. The van der Waals surface area contributed by atoms with Crippen molar-refractivity contribution in [2.45, 2.75) is 34.8 Å². The fourth-order valence-electron chi connectivity index (χ4n) is 4.83. The highest BCUT2D eigenvalue weighted by molar-refractivity contribution is 8.00. The second-order valence-electron chi connectivity index (χ2n) is 7.07. The lowest BCUT2D eigenvalue weighted by atomic mass is 9.81. The van der Waals surface area contributed by atoms with Crippen LogP contribution in [-0.4, -0.2) is 31.7 Å². The molecule has 1 aliphatic heterocycles. The van der Waals surface area contributed by atoms with Crippen LogP contribution < -0.4 is 9.47 Å². The molecule has 3 aliphatic rings. The molecule has 1 fully saturated rings. The van der Waals surface area contributed by atoms with Crippen LogP contribution in [-0.2, 0) is 9.84 Å². The molecule has 4 atom stereocenters. The van der Waals surface area contributed by atoms with Gasteiger partial charge in [0.05, 0.1) is 19.3 Å². The Bertz CT molecular complexity index is 1060. The highest BCUT2D eigenvalue weighted by Crippen LogP contribution is 2.80. The third-order valence-corrected chi connectivity index (χ3v) is 11.5. The van der Waals surface area contributed by atoms with Gasteiger partial charge < -0.3 is 9.47 Å². The minimum absolute atomic E-state index is 0.150. The van der Waals surface area contributed by atoms with E-state index >= 15 is 0 Å². The van der Waals surface area contributed by atoms with Gasteiger partial charge in [0.2, 0.25) is 9.84 Å². The van der Waals surface area contributed by atoms with E-state index in [-0.39, 0.29) is 5.03 Å². The summed E-state index contributed by atoms with van der Waals surface area (Å²) in [4.78, 5) is -1.63. The Labute approximate surface area is 177 Å². The first kappa shape index (κ1) is 19.7. The number of alkyl halides is 2. The molecule has 0 unspecified atom stereocenters. The summed E-state index contributed by atoms with van der Waals surface area (Å²) in [7, 11) is -1.12. The maximum atomic E-state index is 13.2. The van der Waals surface area contributed by atoms with Gasteiger partial charge in [-0.1, -0.05) is 45.9 Å². The van der Waals surface area contributed by atoms with E-state index < -0.39 is 35.1 Å². The fraction of sp³-hybridized carbons (Fsp3) is 0.444. The molecule has 0 N–H and O–H groups in total. The molecular weight excluding hydrogens is 454 g/mol. The Morgan fingerprint density at radius 1 is 1.00 bits per heavy atom. The van der Waals surface area contributed by atoms with Gasteiger partial charge in [-0.05, 0) is 26.0 Å². The number of rotatable bonds is 2. The van der Waals surface area contributed by atoms with Crippen molar-refractivity contribution < 1.29 is 17.9 Å². The zero-order chi connectivity index (χ0) is 20.1. The summed E-state index contributed by atoms with van der Waals surface area (Å²) in [6.07, 6.45) is 0. The first-order valence-electron chi connectivity index (χ1n) is 8.11. The predicted octanol–water partition coefficient (Wildman–Crippen LogP) is 5.22. The Morgan fingerprint density at radius 2 is 1.48 bits per heavy atom. The van der Waals surface area contributed by atoms with E-state index in [0.717, 1.165) is 16.7 Å². The number of sulfone groups is 1. The summed E-state index contributed by atoms with van der Waals surface area (Å²) in [6.45, 7) is 3.79. The summed E-state index contributed by atoms with van der Waals surface area (Å²) in [6, 6.07) is 3.50. The van der Waals surface area contributed by atoms with E-state index in [1.807, 2.05) is 13.8 Å². The lowest BCUT2D eigenvalue weighted by Crippen LogP contribution is -2.50. The molecule has 2 bridgehead atoms. The van der Waals surface area contributed by atoms with Gasteiger partial charge in [0.15, 0.2) is 8.57 Å². The van der Waals surface area contributed by atoms with E-state index in [4.69, 9.17) is 55.9 Å². The normalized spacial score (nSPS) is 35.3. The van der Waals surface area contributed by atoms with Crippen LogP contribution in [0.3, 0.4) is 0 Å². The van der Waals surface area contributed by atoms with Gasteiger partial charge in [0.1, 0.15) is 16.4 Å². The van der Waals surface area contributed by atoms with Crippen LogP contribution >= 0.6 is 46.4 Å². The first-order chi connectivity index (χ1) is 12.5. The van der Waals surface area contributed by atoms with Gasteiger partial charge in [0.25, 0.3) is 0 Å². The molecular formula is C18H16Cl4O4S. The quantitative estimate of drug-likeness (QED) is 0.440. The van der Waals surface area contributed by atoms with Crippen molar-refractivity contribution in [2.24, 2.45) is 0 Å². The van der Waals surface area contributed by atoms with E-state index in [1.165, 1.54) is 7.11 Å². The van der Waals surface area contributed by atoms with Crippen molar-refractivity contribution >= 4 is 56.2 Å². The highest BCUT2D eigenvalue weighted by Gasteiger charge is 2.82. The van der Waals surface area contributed by atoms with Crippen molar-refractivity contribution in [3.8, 4) is 11.5 Å². The fourth-order valence-corrected chi connectivity index (χ4v) is 9.45. The molecule has 27 heavy (non-hydrogen) atoms. The molecule has 4 rings (SSSR count). The molecule has 0 spiro atoms. The van der Waals surface area contributed by atoms with Crippen LogP contribution in [0.1, 0.15) is 36.8 Å². The van der Waals surface area contributed by atoms with Crippen molar-refractivity contribution in [1.29, 1.82) is 0 Å². The van der Waals surface area contributed by atoms with Crippen LogP contribution in [0.2, 0.25) is 0 Å². The van der Waals surface area contributed by atoms with E-state index in [1.54, 1.807) is 19.2 Å². The summed E-state index contributed by atoms with van der Waals surface area (Å²) in [5.41, 5.74) is 3.12. The first-order valence-corrected chi connectivity index (χ1v) is 11.1. The molecule has 4 nitrogen and oxygen atoms in total. The van der Waals surface area contributed by atoms with E-state index in [0.29, 0.717) is 17.1 Å². The predicted molar refractivity (Wildman–Crippen MR) is 108 cm³/mol. The smallest absolute Gasteiger partial charge is 0.213 e. The number of hydrogen-bond acceptors (Lipinski definition) is 4. The number of fused-ring (bicyclic) bond motifs is 8. The van der Waals surface area contributed by atoms with Crippen LogP contribution in [0, 0.1) is 0 Å². The summed E-state index contributed by atoms with van der Waals surface area (Å²) in [5, 5.41) is -0.150.